The Morgan fingerprint density at radius 2 is 2.00 bits per heavy atom. The first kappa shape index (κ1) is 19.6. The Morgan fingerprint density at radius 1 is 1.21 bits per heavy atom. The number of rotatable bonds is 7. The number of hydrogen-bond acceptors (Lipinski definition) is 6. The Kier molecular flexibility index (Phi) is 6.10. The lowest BCUT2D eigenvalue weighted by Gasteiger charge is -2.12. The molecule has 28 heavy (non-hydrogen) atoms. The molecule has 8 nitrogen and oxygen atoms in total. The molecule has 146 valence electrons. The van der Waals surface area contributed by atoms with E-state index in [1.165, 1.54) is 9.36 Å². The molecule has 0 aliphatic heterocycles. The van der Waals surface area contributed by atoms with E-state index in [-0.39, 0.29) is 12.3 Å². The molecule has 0 saturated heterocycles. The Balaban J connectivity index is 1.80. The van der Waals surface area contributed by atoms with Crippen molar-refractivity contribution < 1.29 is 9.57 Å². The van der Waals surface area contributed by atoms with Gasteiger partial charge in [-0.15, -0.1) is 0 Å². The molecule has 0 bridgehead atoms. The fourth-order valence-corrected chi connectivity index (χ4v) is 2.75. The number of tetrazole rings is 1. The van der Waals surface area contributed by atoms with Crippen molar-refractivity contribution in [1.29, 1.82) is 0 Å². The zero-order valence-corrected chi connectivity index (χ0v) is 16.6. The van der Waals surface area contributed by atoms with Gasteiger partial charge in [-0.25, -0.2) is 4.79 Å². The van der Waals surface area contributed by atoms with Gasteiger partial charge in [0.15, 0.2) is 0 Å². The topological polar surface area (TPSA) is 83.5 Å². The van der Waals surface area contributed by atoms with Gasteiger partial charge in [0.1, 0.15) is 19.0 Å². The number of hydrogen-bond donors (Lipinski definition) is 0. The van der Waals surface area contributed by atoms with Crippen molar-refractivity contribution in [2.45, 2.75) is 20.5 Å². The van der Waals surface area contributed by atoms with Crippen LogP contribution in [0.5, 0.6) is 5.75 Å². The second-order valence-corrected chi connectivity index (χ2v) is 6.36. The van der Waals surface area contributed by atoms with Crippen LogP contribution in [0.4, 0.5) is 0 Å². The molecule has 0 fully saturated rings. The molecule has 3 rings (SSSR count). The number of para-hydroxylation sites is 1. The van der Waals surface area contributed by atoms with Crippen LogP contribution in [0.25, 0.3) is 5.69 Å². The summed E-state index contributed by atoms with van der Waals surface area (Å²) in [5, 5.41) is 12.1. The van der Waals surface area contributed by atoms with E-state index in [9.17, 15) is 4.79 Å². The first-order valence-electron chi connectivity index (χ1n) is 8.67. The summed E-state index contributed by atoms with van der Waals surface area (Å²) in [6, 6.07) is 12.7. The molecule has 0 saturated carbocycles. The quantitative estimate of drug-likeness (QED) is 0.449. The maximum absolute atomic E-state index is 12.1. The highest BCUT2D eigenvalue weighted by molar-refractivity contribution is 6.32. The van der Waals surface area contributed by atoms with Crippen LogP contribution in [0.15, 0.2) is 52.4 Å². The summed E-state index contributed by atoms with van der Waals surface area (Å²) in [6.07, 6.45) is 0. The van der Waals surface area contributed by atoms with Crippen molar-refractivity contribution in [1.82, 2.24) is 19.8 Å². The lowest BCUT2D eigenvalue weighted by Crippen LogP contribution is -2.23. The molecule has 2 aromatic carbocycles. The van der Waals surface area contributed by atoms with Crippen molar-refractivity contribution in [3.05, 3.63) is 69.1 Å². The van der Waals surface area contributed by atoms with Crippen LogP contribution in [0.2, 0.25) is 5.02 Å². The van der Waals surface area contributed by atoms with Gasteiger partial charge >= 0.3 is 5.69 Å². The Hall–Kier alpha value is -3.13. The summed E-state index contributed by atoms with van der Waals surface area (Å²) in [5.74, 6) is 0.524. The van der Waals surface area contributed by atoms with E-state index in [2.05, 4.69) is 15.6 Å². The number of ether oxygens (including phenoxy) is 1. The Bertz CT molecular complexity index is 1060. The number of aryl methyl sites for hydroxylation is 1. The van der Waals surface area contributed by atoms with Crippen molar-refractivity contribution in [3.8, 4) is 11.4 Å². The number of oxime groups is 1. The Labute approximate surface area is 166 Å². The molecule has 0 atom stereocenters. The van der Waals surface area contributed by atoms with Gasteiger partial charge in [0, 0.05) is 18.2 Å². The van der Waals surface area contributed by atoms with Gasteiger partial charge in [-0.05, 0) is 48.5 Å². The highest BCUT2D eigenvalue weighted by Gasteiger charge is 2.12. The van der Waals surface area contributed by atoms with Gasteiger partial charge in [-0.3, -0.25) is 0 Å². The van der Waals surface area contributed by atoms with Gasteiger partial charge in [0.2, 0.25) is 0 Å². The standard InChI is InChI=1S/C19H20ClN5O3/c1-4-28-21-13(2)14-9-10-18(16(20)11-14)27-12-15-7-5-6-8-17(15)25-19(26)24(3)22-23-25/h5-11H,4,12H2,1-3H3. The first-order chi connectivity index (χ1) is 13.5. The maximum Gasteiger partial charge on any atom is 0.368 e. The van der Waals surface area contributed by atoms with Gasteiger partial charge in [0.25, 0.3) is 0 Å². The summed E-state index contributed by atoms with van der Waals surface area (Å²) in [7, 11) is 1.54. The molecule has 3 aromatic rings. The molecule has 1 heterocycles. The molecule has 0 radical (unpaired) electrons. The summed E-state index contributed by atoms with van der Waals surface area (Å²) in [5.41, 5.74) is 2.62. The highest BCUT2D eigenvalue weighted by Crippen LogP contribution is 2.27. The largest absolute Gasteiger partial charge is 0.487 e. The lowest BCUT2D eigenvalue weighted by atomic mass is 10.1. The molecule has 1 aromatic heterocycles. The molecule has 9 heteroatoms. The molecular formula is C19H20ClN5O3. The molecule has 0 spiro atoms. The van der Waals surface area contributed by atoms with Gasteiger partial charge in [-0.1, -0.05) is 35.0 Å². The molecule has 0 N–H and O–H groups in total. The van der Waals surface area contributed by atoms with E-state index in [1.807, 2.05) is 38.1 Å². The van der Waals surface area contributed by atoms with Gasteiger partial charge < -0.3 is 9.57 Å². The monoisotopic (exact) mass is 401 g/mol. The van der Waals surface area contributed by atoms with Crippen molar-refractivity contribution >= 4 is 17.3 Å². The van der Waals surface area contributed by atoms with Crippen LogP contribution in [0.1, 0.15) is 25.0 Å². The average molecular weight is 402 g/mol. The van der Waals surface area contributed by atoms with E-state index in [4.69, 9.17) is 21.2 Å². The normalized spacial score (nSPS) is 11.5. The average Bonchev–Trinajstić information content (AvgIpc) is 3.04. The van der Waals surface area contributed by atoms with Crippen LogP contribution >= 0.6 is 11.6 Å². The van der Waals surface area contributed by atoms with E-state index in [0.717, 1.165) is 16.8 Å². The molecule has 0 unspecified atom stereocenters. The van der Waals surface area contributed by atoms with E-state index in [0.29, 0.717) is 23.1 Å². The summed E-state index contributed by atoms with van der Waals surface area (Å²) in [6.45, 7) is 4.43. The minimum absolute atomic E-state index is 0.213. The van der Waals surface area contributed by atoms with E-state index >= 15 is 0 Å². The highest BCUT2D eigenvalue weighted by atomic mass is 35.5. The van der Waals surface area contributed by atoms with Crippen LogP contribution < -0.4 is 10.4 Å². The van der Waals surface area contributed by atoms with Gasteiger partial charge in [0.05, 0.1) is 16.4 Å². The fourth-order valence-electron chi connectivity index (χ4n) is 2.52. The predicted octanol–water partition coefficient (Wildman–Crippen LogP) is 2.96. The number of benzene rings is 2. The summed E-state index contributed by atoms with van der Waals surface area (Å²) in [4.78, 5) is 17.2. The molecular weight excluding hydrogens is 382 g/mol. The summed E-state index contributed by atoms with van der Waals surface area (Å²) >= 11 is 6.36. The van der Waals surface area contributed by atoms with Crippen molar-refractivity contribution in [2.75, 3.05) is 6.61 Å². The third kappa shape index (κ3) is 4.23. The SMILES string of the molecule is CCON=C(C)c1ccc(OCc2ccccc2-n2nnn(C)c2=O)c(Cl)c1. The second-order valence-electron chi connectivity index (χ2n) is 5.95. The van der Waals surface area contributed by atoms with Gasteiger partial charge in [-0.2, -0.15) is 9.36 Å². The third-order valence-electron chi connectivity index (χ3n) is 4.00. The van der Waals surface area contributed by atoms with Crippen molar-refractivity contribution in [2.24, 2.45) is 12.2 Å². The minimum Gasteiger partial charge on any atom is -0.487 e. The number of nitrogens with zero attached hydrogens (tertiary/aromatic N) is 5. The lowest BCUT2D eigenvalue weighted by molar-refractivity contribution is 0.159. The van der Waals surface area contributed by atoms with E-state index in [1.54, 1.807) is 25.2 Å². The summed E-state index contributed by atoms with van der Waals surface area (Å²) < 4.78 is 8.27. The molecule has 0 aliphatic rings. The molecule has 0 amide bonds. The van der Waals surface area contributed by atoms with Crippen LogP contribution in [0, 0.1) is 0 Å². The Morgan fingerprint density at radius 3 is 2.68 bits per heavy atom. The smallest absolute Gasteiger partial charge is 0.368 e. The maximum atomic E-state index is 12.1. The molecule has 0 aliphatic carbocycles. The fraction of sp³-hybridized carbons (Fsp3) is 0.263. The zero-order valence-electron chi connectivity index (χ0n) is 15.8. The second kappa shape index (κ2) is 8.71. The van der Waals surface area contributed by atoms with E-state index < -0.39 is 0 Å². The minimum atomic E-state index is -0.334. The zero-order chi connectivity index (χ0) is 20.1. The number of halogens is 1. The number of aromatic nitrogens is 4. The van der Waals surface area contributed by atoms with Crippen molar-refractivity contribution in [3.63, 3.8) is 0 Å². The van der Waals surface area contributed by atoms with Crippen LogP contribution in [-0.4, -0.2) is 32.1 Å². The third-order valence-corrected chi connectivity index (χ3v) is 4.30. The van der Waals surface area contributed by atoms with Crippen LogP contribution in [0.3, 0.4) is 0 Å². The predicted molar refractivity (Wildman–Crippen MR) is 106 cm³/mol. The van der Waals surface area contributed by atoms with Crippen LogP contribution in [-0.2, 0) is 18.5 Å². The first-order valence-corrected chi connectivity index (χ1v) is 9.05.